The van der Waals surface area contributed by atoms with E-state index in [0.717, 1.165) is 0 Å². The summed E-state index contributed by atoms with van der Waals surface area (Å²) >= 11 is 8.31. The standard InChI is InChI=1S/C46H85ClSi8/c1-48(2,3)43(49(4,5)6)37-28-30-39(45(52(13,14)15)53(16,17)18)40(33-37)35-26-25-27-36(32-35)41-34-38(44(50(7,8)9)51(10,11)12)29-31-42(41)46(47,54(19,20)21)55(22,23)24/h25-34,43-45H,1-24H3. The van der Waals surface area contributed by atoms with E-state index in [1.807, 2.05) is 0 Å². The van der Waals surface area contributed by atoms with E-state index in [1.54, 1.807) is 16.7 Å². The largest absolute Gasteiger partial charge is 0.121 e. The molecule has 0 aromatic heterocycles. The summed E-state index contributed by atoms with van der Waals surface area (Å²) in [4.78, 5) is 0. The molecule has 0 fully saturated rings. The molecule has 0 aliphatic carbocycles. The maximum atomic E-state index is 8.31. The monoisotopic (exact) mass is 896 g/mol. The summed E-state index contributed by atoms with van der Waals surface area (Å²) in [7, 11) is -13.0. The van der Waals surface area contributed by atoms with Gasteiger partial charge in [0.1, 0.15) is 0 Å². The molecule has 0 nitrogen and oxygen atoms in total. The van der Waals surface area contributed by atoms with Gasteiger partial charge in [-0.25, -0.2) is 0 Å². The summed E-state index contributed by atoms with van der Waals surface area (Å²) in [6, 6.07) is 25.5. The molecular formula is C46H85ClSi8. The second kappa shape index (κ2) is 15.9. The molecule has 0 heterocycles. The van der Waals surface area contributed by atoms with Gasteiger partial charge in [-0.2, -0.15) is 0 Å². The number of hydrogen-bond donors (Lipinski definition) is 0. The van der Waals surface area contributed by atoms with Crippen LogP contribution in [0.15, 0.2) is 60.7 Å². The van der Waals surface area contributed by atoms with Crippen molar-refractivity contribution in [1.82, 2.24) is 0 Å². The molecule has 0 aliphatic rings. The van der Waals surface area contributed by atoms with Crippen molar-refractivity contribution in [2.45, 2.75) is 177 Å². The van der Waals surface area contributed by atoms with E-state index in [9.17, 15) is 0 Å². The Bertz CT molecular complexity index is 1750. The molecule has 0 amide bonds. The second-order valence-electron chi connectivity index (χ2n) is 25.9. The second-order valence-corrected chi connectivity index (χ2v) is 71.7. The predicted octanol–water partition coefficient (Wildman–Crippen LogP) is 16.7. The molecule has 0 N–H and O–H groups in total. The summed E-state index contributed by atoms with van der Waals surface area (Å²) in [6.45, 7) is 62.0. The van der Waals surface area contributed by atoms with E-state index in [2.05, 4.69) is 218 Å². The highest BCUT2D eigenvalue weighted by molar-refractivity contribution is 7.05. The summed E-state index contributed by atoms with van der Waals surface area (Å²) in [6.07, 6.45) is 0. The number of rotatable bonds is 14. The van der Waals surface area contributed by atoms with Crippen LogP contribution in [0, 0.1) is 0 Å². The van der Waals surface area contributed by atoms with Crippen molar-refractivity contribution in [2.24, 2.45) is 0 Å². The lowest BCUT2D eigenvalue weighted by Gasteiger charge is -2.49. The van der Waals surface area contributed by atoms with Crippen LogP contribution in [0.25, 0.3) is 22.3 Å². The Balaban J connectivity index is 2.62. The van der Waals surface area contributed by atoms with Gasteiger partial charge in [0, 0.05) is 48.4 Å². The molecule has 0 unspecified atom stereocenters. The van der Waals surface area contributed by atoms with Crippen LogP contribution in [-0.4, -0.2) is 64.6 Å². The number of hydrogen-bond acceptors (Lipinski definition) is 0. The first kappa shape index (κ1) is 49.0. The van der Waals surface area contributed by atoms with Gasteiger partial charge < -0.3 is 0 Å². The van der Waals surface area contributed by atoms with E-state index in [0.29, 0.717) is 15.5 Å². The third-order valence-corrected chi connectivity index (χ3v) is 52.9. The highest BCUT2D eigenvalue weighted by atomic mass is 35.5. The van der Waals surface area contributed by atoms with Crippen molar-refractivity contribution in [1.29, 1.82) is 0 Å². The molecule has 0 spiro atoms. The lowest BCUT2D eigenvalue weighted by molar-refractivity contribution is 1.07. The fourth-order valence-corrected chi connectivity index (χ4v) is 61.6. The quantitative estimate of drug-likeness (QED) is 0.112. The van der Waals surface area contributed by atoms with Crippen molar-refractivity contribution < 1.29 is 0 Å². The van der Waals surface area contributed by atoms with Gasteiger partial charge in [0.2, 0.25) is 0 Å². The number of alkyl halides is 1. The molecular weight excluding hydrogens is 813 g/mol. The number of halogens is 1. The zero-order chi connectivity index (χ0) is 42.9. The fourth-order valence-electron chi connectivity index (χ4n) is 12.2. The minimum atomic E-state index is -1.91. The van der Waals surface area contributed by atoms with E-state index in [-0.39, 0.29) is 4.12 Å². The third-order valence-electron chi connectivity index (χ3n) is 12.2. The minimum absolute atomic E-state index is 0.314. The van der Waals surface area contributed by atoms with Gasteiger partial charge in [-0.15, -0.1) is 11.6 Å². The first-order valence-electron chi connectivity index (χ1n) is 21.3. The van der Waals surface area contributed by atoms with Gasteiger partial charge in [-0.05, 0) is 66.1 Å². The van der Waals surface area contributed by atoms with Crippen LogP contribution in [0.3, 0.4) is 0 Å². The van der Waals surface area contributed by atoms with Crippen LogP contribution in [0.5, 0.6) is 0 Å². The molecule has 0 aliphatic heterocycles. The highest BCUT2D eigenvalue weighted by Crippen LogP contribution is 2.51. The van der Waals surface area contributed by atoms with Crippen LogP contribution in [0.2, 0.25) is 157 Å². The van der Waals surface area contributed by atoms with Crippen molar-refractivity contribution in [3.05, 3.63) is 82.9 Å². The van der Waals surface area contributed by atoms with E-state index < -0.39 is 64.6 Å². The third kappa shape index (κ3) is 10.7. The van der Waals surface area contributed by atoms with Crippen LogP contribution >= 0.6 is 11.6 Å². The Morgan fingerprint density at radius 3 is 1.05 bits per heavy atom. The Morgan fingerprint density at radius 2 is 0.709 bits per heavy atom. The highest BCUT2D eigenvalue weighted by Gasteiger charge is 2.54. The van der Waals surface area contributed by atoms with Gasteiger partial charge in [0.25, 0.3) is 0 Å². The first-order chi connectivity index (χ1) is 24.3. The SMILES string of the molecule is C[Si](C)(C)C(c1ccc(C([Si](C)(C)C)[Si](C)(C)C)c(-c2cccc(-c3cc(C([Si](C)(C)C)[Si](C)(C)C)ccc3C(Cl)([Si](C)(C)C)[Si](C)(C)C)c2)c1)[Si](C)(C)C. The van der Waals surface area contributed by atoms with Gasteiger partial charge in [0.15, 0.2) is 0 Å². The maximum Gasteiger partial charge on any atom is 0.0706 e. The van der Waals surface area contributed by atoms with Gasteiger partial charge in [-0.1, -0.05) is 212 Å². The van der Waals surface area contributed by atoms with Crippen molar-refractivity contribution >= 4 is 76.2 Å². The van der Waals surface area contributed by atoms with Crippen molar-refractivity contribution in [2.75, 3.05) is 0 Å². The molecule has 3 aromatic carbocycles. The molecule has 3 aromatic rings. The summed E-state index contributed by atoms with van der Waals surface area (Å²) < 4.78 is -0.314. The van der Waals surface area contributed by atoms with Crippen LogP contribution < -0.4 is 0 Å². The average Bonchev–Trinajstić information content (AvgIpc) is 2.92. The zero-order valence-electron chi connectivity index (χ0n) is 40.4. The van der Waals surface area contributed by atoms with E-state index in [1.165, 1.54) is 27.8 Å². The Morgan fingerprint density at radius 1 is 0.382 bits per heavy atom. The van der Waals surface area contributed by atoms with Crippen LogP contribution in [0.4, 0.5) is 0 Å². The van der Waals surface area contributed by atoms with E-state index in [4.69, 9.17) is 11.6 Å². The molecule has 55 heavy (non-hydrogen) atoms. The maximum absolute atomic E-state index is 8.31. The van der Waals surface area contributed by atoms with Crippen LogP contribution in [-0.2, 0) is 4.12 Å². The molecule has 0 radical (unpaired) electrons. The minimum Gasteiger partial charge on any atom is -0.121 e. The molecule has 0 atom stereocenters. The number of benzene rings is 3. The first-order valence-corrected chi connectivity index (χ1v) is 50.2. The molecule has 9 heteroatoms. The Hall–Kier alpha value is -0.315. The zero-order valence-corrected chi connectivity index (χ0v) is 49.1. The molecule has 0 bridgehead atoms. The van der Waals surface area contributed by atoms with Gasteiger partial charge in [-0.3, -0.25) is 0 Å². The van der Waals surface area contributed by atoms with Gasteiger partial charge in [0.05, 0.1) is 20.3 Å². The van der Waals surface area contributed by atoms with Crippen molar-refractivity contribution in [3.8, 4) is 22.3 Å². The average molecular weight is 898 g/mol. The molecule has 0 saturated heterocycles. The lowest BCUT2D eigenvalue weighted by Crippen LogP contribution is -2.60. The summed E-state index contributed by atoms with van der Waals surface area (Å²) in [5.41, 5.74) is 11.8. The molecule has 308 valence electrons. The predicted molar refractivity (Wildman–Crippen MR) is 280 cm³/mol. The fraction of sp³-hybridized carbons (Fsp3) is 0.609. The van der Waals surface area contributed by atoms with Gasteiger partial charge >= 0.3 is 0 Å². The summed E-state index contributed by atoms with van der Waals surface area (Å²) in [5.74, 6) is 0. The smallest absolute Gasteiger partial charge is 0.0706 e. The Kier molecular flexibility index (Phi) is 14.2. The van der Waals surface area contributed by atoms with E-state index >= 15 is 0 Å². The lowest BCUT2D eigenvalue weighted by atomic mass is 9.92. The Labute approximate surface area is 355 Å². The van der Waals surface area contributed by atoms with Crippen LogP contribution in [0.1, 0.15) is 37.7 Å². The topological polar surface area (TPSA) is 0 Å². The molecule has 3 rings (SSSR count). The normalized spacial score (nSPS) is 14.8. The van der Waals surface area contributed by atoms with Crippen molar-refractivity contribution in [3.63, 3.8) is 0 Å². The molecule has 0 saturated carbocycles. The summed E-state index contributed by atoms with van der Waals surface area (Å²) in [5, 5.41) is 2.02.